The van der Waals surface area contributed by atoms with Crippen LogP contribution in [0, 0.1) is 0 Å². The Balaban J connectivity index is 1.28. The molecule has 1 aromatic carbocycles. The molecule has 2 aliphatic heterocycles. The molecular weight excluding hydrogens is 577 g/mol. The summed E-state index contributed by atoms with van der Waals surface area (Å²) in [7, 11) is 0. The molecule has 0 aliphatic carbocycles. The van der Waals surface area contributed by atoms with E-state index in [1.165, 1.54) is 34.3 Å². The molecule has 15 heteroatoms. The molecule has 3 aromatic rings. The summed E-state index contributed by atoms with van der Waals surface area (Å²) in [4.78, 5) is 57.8. The number of amides is 2. The predicted octanol–water partition coefficient (Wildman–Crippen LogP) is 0.938. The van der Waals surface area contributed by atoms with Crippen LogP contribution in [-0.4, -0.2) is 77.7 Å². The van der Waals surface area contributed by atoms with Crippen molar-refractivity contribution in [2.45, 2.75) is 34.7 Å². The van der Waals surface area contributed by atoms with Gasteiger partial charge in [-0.25, -0.2) is 9.59 Å². The van der Waals surface area contributed by atoms with E-state index in [0.717, 1.165) is 26.9 Å². The number of hydrogen-bond donors (Lipinski definition) is 3. The van der Waals surface area contributed by atoms with Gasteiger partial charge in [0.25, 0.3) is 5.91 Å². The number of rotatable bonds is 11. The van der Waals surface area contributed by atoms with E-state index < -0.39 is 34.5 Å². The number of carboxylic acids is 1. The van der Waals surface area contributed by atoms with Crippen molar-refractivity contribution in [1.29, 1.82) is 0 Å². The minimum Gasteiger partial charge on any atom is -0.477 e. The van der Waals surface area contributed by atoms with Crippen LogP contribution in [-0.2, 0) is 32.0 Å². The summed E-state index contributed by atoms with van der Waals surface area (Å²) < 4.78 is 1.12. The first-order valence-electron chi connectivity index (χ1n) is 12.1. The number of fused-ring (bicyclic) bond motifs is 1. The Morgan fingerprint density at radius 3 is 2.70 bits per heavy atom. The van der Waals surface area contributed by atoms with Gasteiger partial charge in [0.05, 0.1) is 12.8 Å². The minimum absolute atomic E-state index is 0.0236. The number of nitrogens with zero attached hydrogens (tertiary/aromatic N) is 4. The fourth-order valence-electron chi connectivity index (χ4n) is 4.33. The second-order valence-corrected chi connectivity index (χ2v) is 12.1. The molecule has 3 atom stereocenters. The van der Waals surface area contributed by atoms with E-state index in [-0.39, 0.29) is 41.9 Å². The van der Waals surface area contributed by atoms with Crippen LogP contribution >= 0.6 is 34.9 Å². The number of hydrogen-bond acceptors (Lipinski definition) is 11. The van der Waals surface area contributed by atoms with Crippen LogP contribution in [0.15, 0.2) is 70.6 Å². The first-order chi connectivity index (χ1) is 19.4. The zero-order valence-electron chi connectivity index (χ0n) is 20.8. The molecule has 4 N–H and O–H groups in total. The third-order valence-corrected chi connectivity index (χ3v) is 9.57. The Hall–Kier alpha value is -3.66. The molecule has 0 bridgehead atoms. The molecule has 208 valence electrons. The molecular formula is C25H24N6O6S3. The van der Waals surface area contributed by atoms with E-state index in [1.54, 1.807) is 12.1 Å². The summed E-state index contributed by atoms with van der Waals surface area (Å²) in [6.07, 6.45) is 1.42. The Labute approximate surface area is 240 Å². The third kappa shape index (κ3) is 5.91. The Morgan fingerprint density at radius 1 is 1.20 bits per heavy atom. The van der Waals surface area contributed by atoms with Gasteiger partial charge in [-0.05, 0) is 22.6 Å². The lowest BCUT2D eigenvalue weighted by Gasteiger charge is -2.50. The SMILES string of the molecule is NCC(Sc1nncn1OC(=O)Cc1ccccc1)C1=C(C(=O)O)N2C(=O)C(NC(=O)Cc3cccs3)[C@H]2SC1. The van der Waals surface area contributed by atoms with Crippen molar-refractivity contribution >= 4 is 58.6 Å². The van der Waals surface area contributed by atoms with Crippen LogP contribution in [0.3, 0.4) is 0 Å². The molecule has 2 aliphatic rings. The number of aromatic nitrogens is 3. The molecule has 12 nitrogen and oxygen atoms in total. The average molecular weight is 601 g/mol. The van der Waals surface area contributed by atoms with Crippen molar-refractivity contribution in [3.63, 3.8) is 0 Å². The predicted molar refractivity (Wildman–Crippen MR) is 148 cm³/mol. The highest BCUT2D eigenvalue weighted by atomic mass is 32.2. The van der Waals surface area contributed by atoms with Gasteiger partial charge in [0.15, 0.2) is 6.33 Å². The minimum atomic E-state index is -1.27. The van der Waals surface area contributed by atoms with Crippen molar-refractivity contribution in [3.05, 3.63) is 75.9 Å². The molecule has 2 aromatic heterocycles. The number of thioether (sulfide) groups is 2. The number of nitrogens with one attached hydrogen (secondary N) is 1. The lowest BCUT2D eigenvalue weighted by Crippen LogP contribution is -2.70. The summed E-state index contributed by atoms with van der Waals surface area (Å²) >= 11 is 3.88. The molecule has 1 saturated heterocycles. The lowest BCUT2D eigenvalue weighted by atomic mass is 10.0. The highest BCUT2D eigenvalue weighted by molar-refractivity contribution is 8.01. The number of nitrogens with two attached hydrogens (primary N) is 1. The Kier molecular flexibility index (Phi) is 8.54. The Bertz CT molecular complexity index is 1440. The first kappa shape index (κ1) is 27.9. The van der Waals surface area contributed by atoms with Crippen LogP contribution in [0.5, 0.6) is 0 Å². The summed E-state index contributed by atoms with van der Waals surface area (Å²) in [5, 5.41) is 21.6. The average Bonchev–Trinajstić information content (AvgIpc) is 3.62. The molecule has 0 radical (unpaired) electrons. The van der Waals surface area contributed by atoms with Gasteiger partial charge in [-0.15, -0.1) is 38.0 Å². The van der Waals surface area contributed by atoms with E-state index in [9.17, 15) is 24.3 Å². The molecule has 2 unspecified atom stereocenters. The van der Waals surface area contributed by atoms with Crippen LogP contribution in [0.2, 0.25) is 0 Å². The van der Waals surface area contributed by atoms with E-state index in [2.05, 4.69) is 15.5 Å². The van der Waals surface area contributed by atoms with Gasteiger partial charge in [-0.1, -0.05) is 48.2 Å². The maximum atomic E-state index is 13.0. The van der Waals surface area contributed by atoms with Crippen molar-refractivity contribution in [3.8, 4) is 0 Å². The molecule has 5 rings (SSSR count). The number of carboxylic acid groups (broad SMARTS) is 1. The quantitative estimate of drug-likeness (QED) is 0.211. The van der Waals surface area contributed by atoms with Crippen molar-refractivity contribution < 1.29 is 29.1 Å². The van der Waals surface area contributed by atoms with Gasteiger partial charge in [0.2, 0.25) is 11.1 Å². The highest BCUT2D eigenvalue weighted by Crippen LogP contribution is 2.43. The maximum absolute atomic E-state index is 13.0. The smallest absolute Gasteiger partial charge is 0.352 e. The fraction of sp³-hybridized carbons (Fsp3) is 0.280. The summed E-state index contributed by atoms with van der Waals surface area (Å²) in [5.74, 6) is -2.33. The molecule has 1 fully saturated rings. The zero-order chi connectivity index (χ0) is 28.2. The topological polar surface area (TPSA) is 170 Å². The van der Waals surface area contributed by atoms with E-state index in [0.29, 0.717) is 5.57 Å². The van der Waals surface area contributed by atoms with Gasteiger partial charge < -0.3 is 21.0 Å². The third-order valence-electron chi connectivity index (χ3n) is 6.16. The summed E-state index contributed by atoms with van der Waals surface area (Å²) in [5.41, 5.74) is 7.10. The molecule has 2 amide bonds. The summed E-state index contributed by atoms with van der Waals surface area (Å²) in [6.45, 7) is 0.0236. The number of carbonyl (C=O) groups is 4. The number of aliphatic carboxylic acids is 1. The van der Waals surface area contributed by atoms with Crippen molar-refractivity contribution in [2.75, 3.05) is 12.3 Å². The second kappa shape index (κ2) is 12.2. The second-order valence-electron chi connectivity index (χ2n) is 8.80. The van der Waals surface area contributed by atoms with Gasteiger partial charge in [-0.2, -0.15) is 0 Å². The van der Waals surface area contributed by atoms with Crippen LogP contribution < -0.4 is 15.9 Å². The zero-order valence-corrected chi connectivity index (χ0v) is 23.3. The van der Waals surface area contributed by atoms with Crippen molar-refractivity contribution in [1.82, 2.24) is 25.1 Å². The van der Waals surface area contributed by atoms with Gasteiger partial charge in [-0.3, -0.25) is 14.5 Å². The molecule has 0 saturated carbocycles. The van der Waals surface area contributed by atoms with Crippen LogP contribution in [0.25, 0.3) is 0 Å². The first-order valence-corrected chi connectivity index (χ1v) is 14.9. The van der Waals surface area contributed by atoms with Gasteiger partial charge in [0.1, 0.15) is 17.1 Å². The fourth-order valence-corrected chi connectivity index (χ4v) is 7.54. The Morgan fingerprint density at radius 2 is 2.00 bits per heavy atom. The lowest BCUT2D eigenvalue weighted by molar-refractivity contribution is -0.150. The standard InChI is InChI=1S/C25H24N6O6S3/c26-11-17(40-25-29-27-13-30(25)37-19(33)9-14-5-2-1-3-6-14)16-12-39-23-20(22(34)31(23)21(16)24(35)36)28-18(32)10-15-7-4-8-38-15/h1-8,13,17,20,23H,9-12,26H2,(H,28,32)(H,35,36)/t17?,20?,23-/m1/s1. The van der Waals surface area contributed by atoms with E-state index in [4.69, 9.17) is 10.6 Å². The van der Waals surface area contributed by atoms with Crippen molar-refractivity contribution in [2.24, 2.45) is 5.73 Å². The summed E-state index contributed by atoms with van der Waals surface area (Å²) in [6, 6.07) is 12.0. The number of carbonyl (C=O) groups excluding carboxylic acids is 3. The number of thiophene rings is 1. The van der Waals surface area contributed by atoms with Gasteiger partial charge in [0, 0.05) is 22.4 Å². The van der Waals surface area contributed by atoms with E-state index >= 15 is 0 Å². The van der Waals surface area contributed by atoms with Crippen LogP contribution in [0.1, 0.15) is 10.4 Å². The van der Waals surface area contributed by atoms with Gasteiger partial charge >= 0.3 is 11.9 Å². The molecule has 4 heterocycles. The maximum Gasteiger partial charge on any atom is 0.352 e. The largest absolute Gasteiger partial charge is 0.477 e. The monoisotopic (exact) mass is 600 g/mol. The normalized spacial score (nSPS) is 19.0. The highest BCUT2D eigenvalue weighted by Gasteiger charge is 2.54. The van der Waals surface area contributed by atoms with Crippen LogP contribution in [0.4, 0.5) is 0 Å². The number of β-lactam (4-membered cyclic amide) rings is 1. The number of benzene rings is 1. The van der Waals surface area contributed by atoms with E-state index in [1.807, 2.05) is 35.7 Å². The molecule has 40 heavy (non-hydrogen) atoms. The molecule has 0 spiro atoms.